The average molecular weight is 373 g/mol. The molecule has 0 unspecified atom stereocenters. The number of ether oxygens (including phenoxy) is 2. The first-order chi connectivity index (χ1) is 12.5. The lowest BCUT2D eigenvalue weighted by atomic mass is 10.2. The van der Waals surface area contributed by atoms with Crippen molar-refractivity contribution >= 4 is 23.6 Å². The standard InChI is InChI=1S/C20H23NO4S/c1-4-26-18-8-6-5-7-17(18)20(23)25-14(2)19(22)21-13-15-9-11-16(24-3)12-10-15/h5-12,14H,4,13H2,1-3H3,(H,21,22)/t14-/m0/s1. The molecule has 2 aromatic rings. The number of carbonyl (C=O) groups excluding carboxylic acids is 2. The fourth-order valence-corrected chi connectivity index (χ4v) is 3.06. The summed E-state index contributed by atoms with van der Waals surface area (Å²) in [6.45, 7) is 3.94. The second-order valence-corrected chi connectivity index (χ2v) is 6.85. The van der Waals surface area contributed by atoms with Crippen LogP contribution < -0.4 is 10.1 Å². The molecule has 0 aliphatic heterocycles. The van der Waals surface area contributed by atoms with Crippen LogP contribution in [-0.2, 0) is 16.1 Å². The molecule has 0 bridgehead atoms. The normalized spacial score (nSPS) is 11.5. The number of nitrogens with one attached hydrogen (secondary N) is 1. The summed E-state index contributed by atoms with van der Waals surface area (Å²) < 4.78 is 10.4. The van der Waals surface area contributed by atoms with Gasteiger partial charge >= 0.3 is 5.97 Å². The van der Waals surface area contributed by atoms with Gasteiger partial charge in [-0.3, -0.25) is 4.79 Å². The van der Waals surface area contributed by atoms with Crippen LogP contribution in [0.5, 0.6) is 5.75 Å². The van der Waals surface area contributed by atoms with E-state index in [0.29, 0.717) is 12.1 Å². The summed E-state index contributed by atoms with van der Waals surface area (Å²) in [5.41, 5.74) is 1.41. The van der Waals surface area contributed by atoms with Crippen LogP contribution in [0.4, 0.5) is 0 Å². The molecular formula is C20H23NO4S. The molecule has 2 aromatic carbocycles. The summed E-state index contributed by atoms with van der Waals surface area (Å²) in [6, 6.07) is 14.6. The predicted octanol–water partition coefficient (Wildman–Crippen LogP) is 3.67. The highest BCUT2D eigenvalue weighted by atomic mass is 32.2. The fourth-order valence-electron chi connectivity index (χ4n) is 2.27. The second-order valence-electron chi connectivity index (χ2n) is 5.54. The van der Waals surface area contributed by atoms with E-state index in [2.05, 4.69) is 5.32 Å². The first-order valence-corrected chi connectivity index (χ1v) is 9.37. The van der Waals surface area contributed by atoms with Crippen molar-refractivity contribution in [3.05, 3.63) is 59.7 Å². The molecule has 0 aliphatic carbocycles. The molecule has 26 heavy (non-hydrogen) atoms. The number of amides is 1. The molecule has 1 N–H and O–H groups in total. The Bertz CT molecular complexity index is 746. The Morgan fingerprint density at radius 2 is 1.81 bits per heavy atom. The van der Waals surface area contributed by atoms with Crippen LogP contribution in [-0.4, -0.2) is 30.8 Å². The van der Waals surface area contributed by atoms with Gasteiger partial charge in [-0.15, -0.1) is 11.8 Å². The highest BCUT2D eigenvalue weighted by Crippen LogP contribution is 2.23. The maximum Gasteiger partial charge on any atom is 0.340 e. The largest absolute Gasteiger partial charge is 0.497 e. The summed E-state index contributed by atoms with van der Waals surface area (Å²) >= 11 is 1.56. The van der Waals surface area contributed by atoms with Crippen molar-refractivity contribution in [1.82, 2.24) is 5.32 Å². The Labute approximate surface area is 158 Å². The molecule has 0 spiro atoms. The number of carbonyl (C=O) groups is 2. The molecule has 1 atom stereocenters. The molecule has 0 aliphatic rings. The van der Waals surface area contributed by atoms with E-state index in [-0.39, 0.29) is 5.91 Å². The third-order valence-electron chi connectivity index (χ3n) is 3.69. The smallest absolute Gasteiger partial charge is 0.340 e. The van der Waals surface area contributed by atoms with Crippen LogP contribution in [0.3, 0.4) is 0 Å². The number of benzene rings is 2. The number of hydrogen-bond acceptors (Lipinski definition) is 5. The summed E-state index contributed by atoms with van der Waals surface area (Å²) in [5, 5.41) is 2.77. The Morgan fingerprint density at radius 3 is 2.46 bits per heavy atom. The molecule has 0 heterocycles. The third-order valence-corrected chi connectivity index (χ3v) is 4.64. The lowest BCUT2D eigenvalue weighted by Crippen LogP contribution is -2.35. The molecule has 0 fully saturated rings. The zero-order chi connectivity index (χ0) is 18.9. The highest BCUT2D eigenvalue weighted by molar-refractivity contribution is 7.99. The Morgan fingerprint density at radius 1 is 1.12 bits per heavy atom. The van der Waals surface area contributed by atoms with Gasteiger partial charge in [0.25, 0.3) is 5.91 Å². The van der Waals surface area contributed by atoms with E-state index in [9.17, 15) is 9.59 Å². The van der Waals surface area contributed by atoms with Gasteiger partial charge in [0.2, 0.25) is 0 Å². The van der Waals surface area contributed by atoms with Crippen molar-refractivity contribution in [3.8, 4) is 5.75 Å². The van der Waals surface area contributed by atoms with E-state index in [4.69, 9.17) is 9.47 Å². The van der Waals surface area contributed by atoms with Crippen LogP contribution >= 0.6 is 11.8 Å². The zero-order valence-electron chi connectivity index (χ0n) is 15.2. The Balaban J connectivity index is 1.90. The monoisotopic (exact) mass is 373 g/mol. The van der Waals surface area contributed by atoms with Crippen molar-refractivity contribution in [1.29, 1.82) is 0 Å². The average Bonchev–Trinajstić information content (AvgIpc) is 2.67. The molecule has 0 saturated heterocycles. The number of methoxy groups -OCH3 is 1. The summed E-state index contributed by atoms with van der Waals surface area (Å²) in [6.07, 6.45) is -0.875. The van der Waals surface area contributed by atoms with Crippen molar-refractivity contribution in [2.24, 2.45) is 0 Å². The van der Waals surface area contributed by atoms with E-state index in [1.54, 1.807) is 37.9 Å². The lowest BCUT2D eigenvalue weighted by Gasteiger charge is -2.15. The van der Waals surface area contributed by atoms with E-state index >= 15 is 0 Å². The van der Waals surface area contributed by atoms with E-state index in [1.165, 1.54) is 0 Å². The van der Waals surface area contributed by atoms with Gasteiger partial charge < -0.3 is 14.8 Å². The number of thioether (sulfide) groups is 1. The summed E-state index contributed by atoms with van der Waals surface area (Å²) in [5.74, 6) is 0.775. The van der Waals surface area contributed by atoms with Gasteiger partial charge in [-0.05, 0) is 42.5 Å². The lowest BCUT2D eigenvalue weighted by molar-refractivity contribution is -0.129. The minimum absolute atomic E-state index is 0.338. The van der Waals surface area contributed by atoms with Gasteiger partial charge in [0.15, 0.2) is 6.10 Å². The SMILES string of the molecule is CCSc1ccccc1C(=O)O[C@@H](C)C(=O)NCc1ccc(OC)cc1. The fraction of sp³-hybridized carbons (Fsp3) is 0.300. The number of esters is 1. The van der Waals surface area contributed by atoms with Gasteiger partial charge in [-0.25, -0.2) is 4.79 Å². The van der Waals surface area contributed by atoms with E-state index in [1.807, 2.05) is 43.3 Å². The van der Waals surface area contributed by atoms with E-state index in [0.717, 1.165) is 22.0 Å². The molecule has 0 saturated carbocycles. The van der Waals surface area contributed by atoms with Gasteiger partial charge in [0, 0.05) is 11.4 Å². The zero-order valence-corrected chi connectivity index (χ0v) is 16.0. The second kappa shape index (κ2) is 9.87. The van der Waals surface area contributed by atoms with E-state index < -0.39 is 12.1 Å². The minimum Gasteiger partial charge on any atom is -0.497 e. The molecule has 2 rings (SSSR count). The molecule has 0 radical (unpaired) electrons. The van der Waals surface area contributed by atoms with Crippen LogP contribution in [0.15, 0.2) is 53.4 Å². The molecular weight excluding hydrogens is 350 g/mol. The van der Waals surface area contributed by atoms with Gasteiger partial charge in [-0.2, -0.15) is 0 Å². The van der Waals surface area contributed by atoms with Crippen molar-refractivity contribution in [3.63, 3.8) is 0 Å². The summed E-state index contributed by atoms with van der Waals surface area (Å²) in [4.78, 5) is 25.4. The highest BCUT2D eigenvalue weighted by Gasteiger charge is 2.20. The van der Waals surface area contributed by atoms with Crippen LogP contribution in [0.2, 0.25) is 0 Å². The first kappa shape index (κ1) is 19.8. The summed E-state index contributed by atoms with van der Waals surface area (Å²) in [7, 11) is 1.60. The third kappa shape index (κ3) is 5.52. The maximum atomic E-state index is 12.4. The van der Waals surface area contributed by atoms with Crippen molar-refractivity contribution in [2.45, 2.75) is 31.4 Å². The molecule has 0 aromatic heterocycles. The van der Waals surface area contributed by atoms with Gasteiger partial charge in [0.05, 0.1) is 12.7 Å². The first-order valence-electron chi connectivity index (χ1n) is 8.38. The van der Waals surface area contributed by atoms with Crippen molar-refractivity contribution < 1.29 is 19.1 Å². The predicted molar refractivity (Wildman–Crippen MR) is 103 cm³/mol. The van der Waals surface area contributed by atoms with Crippen LogP contribution in [0, 0.1) is 0 Å². The minimum atomic E-state index is -0.875. The number of rotatable bonds is 8. The maximum absolute atomic E-state index is 12.4. The van der Waals surface area contributed by atoms with Crippen LogP contribution in [0.25, 0.3) is 0 Å². The number of hydrogen-bond donors (Lipinski definition) is 1. The molecule has 6 heteroatoms. The van der Waals surface area contributed by atoms with Crippen molar-refractivity contribution in [2.75, 3.05) is 12.9 Å². The molecule has 5 nitrogen and oxygen atoms in total. The van der Waals surface area contributed by atoms with Gasteiger partial charge in [-0.1, -0.05) is 31.2 Å². The Kier molecular flexibility index (Phi) is 7.53. The van der Waals surface area contributed by atoms with Gasteiger partial charge in [0.1, 0.15) is 5.75 Å². The Hall–Kier alpha value is -2.47. The quantitative estimate of drug-likeness (QED) is 0.565. The molecule has 138 valence electrons. The molecule has 1 amide bonds. The topological polar surface area (TPSA) is 64.6 Å². The van der Waals surface area contributed by atoms with Crippen LogP contribution in [0.1, 0.15) is 29.8 Å².